The normalized spacial score (nSPS) is 14.8. The Kier molecular flexibility index (Phi) is 7.13. The highest BCUT2D eigenvalue weighted by atomic mass is 16.5. The molecule has 5 nitrogen and oxygen atoms in total. The lowest BCUT2D eigenvalue weighted by Crippen LogP contribution is -2.29. The number of unbranched alkanes of at least 4 members (excludes halogenated alkanes) is 3. The predicted octanol–water partition coefficient (Wildman–Crippen LogP) is 7.11. The van der Waals surface area contributed by atoms with Gasteiger partial charge in [-0.2, -0.15) is 0 Å². The molecule has 1 atom stereocenters. The molecule has 3 aromatic carbocycles. The Morgan fingerprint density at radius 3 is 2.41 bits per heavy atom. The summed E-state index contributed by atoms with van der Waals surface area (Å²) in [5.74, 6) is 0.661. The lowest BCUT2D eigenvalue weighted by molar-refractivity contribution is 0.0714. The van der Waals surface area contributed by atoms with Crippen LogP contribution in [0.4, 0.5) is 0 Å². The summed E-state index contributed by atoms with van der Waals surface area (Å²) in [6.07, 6.45) is 4.59. The van der Waals surface area contributed by atoms with E-state index in [1.807, 2.05) is 80.6 Å². The number of fused-ring (bicyclic) bond motifs is 2. The standard InChI is InChI=1S/C32H33NO4/c1-4-5-6-10-17-36-25-15-13-24(14-16-25)29-28-30(34)27-22(3)18-21(2)19-26(27)37-31(28)32(35)33(29)20-23-11-8-7-9-12-23/h7-9,11-16,18-19,29H,4-6,10,17,20H2,1-3H3. The van der Waals surface area contributed by atoms with Crippen LogP contribution >= 0.6 is 0 Å². The lowest BCUT2D eigenvalue weighted by Gasteiger charge is -2.25. The molecule has 1 aliphatic heterocycles. The van der Waals surface area contributed by atoms with Gasteiger partial charge in [0.15, 0.2) is 5.43 Å². The Morgan fingerprint density at radius 2 is 1.68 bits per heavy atom. The fourth-order valence-electron chi connectivity index (χ4n) is 5.27. The number of hydrogen-bond donors (Lipinski definition) is 0. The number of hydrogen-bond acceptors (Lipinski definition) is 4. The molecule has 1 aliphatic rings. The van der Waals surface area contributed by atoms with Crippen LogP contribution in [0, 0.1) is 13.8 Å². The molecule has 0 spiro atoms. The van der Waals surface area contributed by atoms with Gasteiger partial charge in [0, 0.05) is 6.54 Å². The molecule has 5 rings (SSSR count). The number of aryl methyl sites for hydroxylation is 2. The number of benzene rings is 3. The monoisotopic (exact) mass is 495 g/mol. The molecule has 1 aromatic heterocycles. The third-order valence-corrected chi connectivity index (χ3v) is 7.07. The molecule has 0 bridgehead atoms. The van der Waals surface area contributed by atoms with Crippen molar-refractivity contribution in [3.05, 3.63) is 111 Å². The molecule has 0 aliphatic carbocycles. The Hall–Kier alpha value is -3.86. The number of amides is 1. The molecule has 1 amide bonds. The summed E-state index contributed by atoms with van der Waals surface area (Å²) in [6, 6.07) is 20.9. The maximum Gasteiger partial charge on any atom is 0.291 e. The summed E-state index contributed by atoms with van der Waals surface area (Å²) in [5.41, 5.74) is 4.42. The van der Waals surface area contributed by atoms with E-state index in [-0.39, 0.29) is 17.1 Å². The van der Waals surface area contributed by atoms with Gasteiger partial charge in [-0.25, -0.2) is 0 Å². The van der Waals surface area contributed by atoms with E-state index in [0.29, 0.717) is 29.7 Å². The first kappa shape index (κ1) is 24.8. The second-order valence-electron chi connectivity index (χ2n) is 9.93. The van der Waals surface area contributed by atoms with Crippen molar-refractivity contribution in [2.45, 2.75) is 59.0 Å². The zero-order valence-electron chi connectivity index (χ0n) is 21.8. The maximum atomic E-state index is 13.9. The van der Waals surface area contributed by atoms with E-state index in [1.54, 1.807) is 4.90 Å². The molecule has 4 aromatic rings. The van der Waals surface area contributed by atoms with Crippen LogP contribution in [0.15, 0.2) is 75.9 Å². The Labute approximate surface area is 217 Å². The molecule has 37 heavy (non-hydrogen) atoms. The quantitative estimate of drug-likeness (QED) is 0.232. The van der Waals surface area contributed by atoms with Crippen molar-refractivity contribution in [3.8, 4) is 5.75 Å². The maximum absolute atomic E-state index is 13.9. The van der Waals surface area contributed by atoms with E-state index in [1.165, 1.54) is 12.8 Å². The number of rotatable bonds is 9. The van der Waals surface area contributed by atoms with Crippen LogP contribution < -0.4 is 10.2 Å². The second-order valence-corrected chi connectivity index (χ2v) is 9.93. The third-order valence-electron chi connectivity index (χ3n) is 7.07. The van der Waals surface area contributed by atoms with Gasteiger partial charge in [0.25, 0.3) is 5.91 Å². The van der Waals surface area contributed by atoms with Gasteiger partial charge in [0.2, 0.25) is 5.76 Å². The Balaban J connectivity index is 1.55. The molecule has 0 fully saturated rings. The van der Waals surface area contributed by atoms with Crippen molar-refractivity contribution in [1.82, 2.24) is 4.90 Å². The van der Waals surface area contributed by atoms with Gasteiger partial charge < -0.3 is 14.1 Å². The highest BCUT2D eigenvalue weighted by molar-refractivity contribution is 5.99. The first-order chi connectivity index (χ1) is 18.0. The van der Waals surface area contributed by atoms with E-state index in [4.69, 9.17) is 9.15 Å². The molecular formula is C32H33NO4. The van der Waals surface area contributed by atoms with E-state index in [9.17, 15) is 9.59 Å². The van der Waals surface area contributed by atoms with E-state index >= 15 is 0 Å². The van der Waals surface area contributed by atoms with Gasteiger partial charge in [-0.1, -0.05) is 74.7 Å². The van der Waals surface area contributed by atoms with Crippen LogP contribution in [0.5, 0.6) is 5.75 Å². The van der Waals surface area contributed by atoms with E-state index in [2.05, 4.69) is 6.92 Å². The smallest absolute Gasteiger partial charge is 0.291 e. The summed E-state index contributed by atoms with van der Waals surface area (Å²) in [5, 5.41) is 0.538. The Bertz CT molecular complexity index is 1470. The summed E-state index contributed by atoms with van der Waals surface area (Å²) in [4.78, 5) is 29.4. The molecule has 2 heterocycles. The van der Waals surface area contributed by atoms with Crippen molar-refractivity contribution in [2.75, 3.05) is 6.61 Å². The molecule has 0 N–H and O–H groups in total. The molecule has 190 valence electrons. The third kappa shape index (κ3) is 4.91. The summed E-state index contributed by atoms with van der Waals surface area (Å²) < 4.78 is 12.1. The van der Waals surface area contributed by atoms with Crippen molar-refractivity contribution < 1.29 is 13.9 Å². The average Bonchev–Trinajstić information content (AvgIpc) is 3.16. The SMILES string of the molecule is CCCCCCOc1ccc(C2c3c(oc4cc(C)cc(C)c4c3=O)C(=O)N2Cc2ccccc2)cc1. The number of carbonyl (C=O) groups excluding carboxylic acids is 1. The van der Waals surface area contributed by atoms with Crippen LogP contribution in [0.3, 0.4) is 0 Å². The van der Waals surface area contributed by atoms with Crippen LogP contribution in [0.25, 0.3) is 11.0 Å². The zero-order chi connectivity index (χ0) is 25.9. The lowest BCUT2D eigenvalue weighted by atomic mass is 9.96. The minimum absolute atomic E-state index is 0.139. The van der Waals surface area contributed by atoms with Gasteiger partial charge in [0.1, 0.15) is 11.3 Å². The van der Waals surface area contributed by atoms with Crippen molar-refractivity contribution >= 4 is 16.9 Å². The molecule has 0 saturated heterocycles. The number of carbonyl (C=O) groups is 1. The number of ether oxygens (including phenoxy) is 1. The minimum Gasteiger partial charge on any atom is -0.494 e. The molecule has 0 saturated carbocycles. The average molecular weight is 496 g/mol. The second kappa shape index (κ2) is 10.6. The van der Waals surface area contributed by atoms with Gasteiger partial charge in [0.05, 0.1) is 23.6 Å². The van der Waals surface area contributed by atoms with Crippen molar-refractivity contribution in [1.29, 1.82) is 0 Å². The van der Waals surface area contributed by atoms with Gasteiger partial charge >= 0.3 is 0 Å². The summed E-state index contributed by atoms with van der Waals surface area (Å²) >= 11 is 0. The topological polar surface area (TPSA) is 59.8 Å². The largest absolute Gasteiger partial charge is 0.494 e. The highest BCUT2D eigenvalue weighted by Gasteiger charge is 2.42. The predicted molar refractivity (Wildman–Crippen MR) is 146 cm³/mol. The first-order valence-corrected chi connectivity index (χ1v) is 13.1. The molecule has 0 radical (unpaired) electrons. The van der Waals surface area contributed by atoms with E-state index < -0.39 is 6.04 Å². The van der Waals surface area contributed by atoms with E-state index in [0.717, 1.165) is 40.8 Å². The molecule has 1 unspecified atom stereocenters. The highest BCUT2D eigenvalue weighted by Crippen LogP contribution is 2.40. The first-order valence-electron chi connectivity index (χ1n) is 13.1. The molecular weight excluding hydrogens is 462 g/mol. The van der Waals surface area contributed by atoms with Crippen molar-refractivity contribution in [3.63, 3.8) is 0 Å². The van der Waals surface area contributed by atoms with Crippen LogP contribution in [-0.4, -0.2) is 17.4 Å². The van der Waals surface area contributed by atoms with Gasteiger partial charge in [-0.3, -0.25) is 9.59 Å². The van der Waals surface area contributed by atoms with Gasteiger partial charge in [-0.15, -0.1) is 0 Å². The summed E-state index contributed by atoms with van der Waals surface area (Å²) in [7, 11) is 0. The fourth-order valence-corrected chi connectivity index (χ4v) is 5.27. The van der Waals surface area contributed by atoms with Gasteiger partial charge in [-0.05, 0) is 60.7 Å². The molecule has 5 heteroatoms. The fraction of sp³-hybridized carbons (Fsp3) is 0.312. The van der Waals surface area contributed by atoms with Crippen molar-refractivity contribution in [2.24, 2.45) is 0 Å². The number of nitrogens with zero attached hydrogens (tertiary/aromatic N) is 1. The minimum atomic E-state index is -0.539. The summed E-state index contributed by atoms with van der Waals surface area (Å²) in [6.45, 7) is 7.12. The van der Waals surface area contributed by atoms with Crippen LogP contribution in [-0.2, 0) is 6.54 Å². The van der Waals surface area contributed by atoms with Crippen LogP contribution in [0.2, 0.25) is 0 Å². The van der Waals surface area contributed by atoms with Crippen LogP contribution in [0.1, 0.15) is 77.0 Å². The Morgan fingerprint density at radius 1 is 0.919 bits per heavy atom. The zero-order valence-corrected chi connectivity index (χ0v) is 21.8.